The van der Waals surface area contributed by atoms with Crippen LogP contribution in [0, 0.1) is 6.08 Å². The van der Waals surface area contributed by atoms with Gasteiger partial charge in [-0.2, -0.15) is 22.8 Å². The second-order valence-electron chi connectivity index (χ2n) is 3.20. The lowest BCUT2D eigenvalue weighted by molar-refractivity contribution is 0.483. The molecule has 0 aliphatic carbocycles. The van der Waals surface area contributed by atoms with E-state index in [1.165, 1.54) is 24.3 Å². The molecule has 1 aromatic carbocycles. The molecule has 18 heavy (non-hydrogen) atoms. The van der Waals surface area contributed by atoms with Gasteiger partial charge in [-0.05, 0) is 24.3 Å². The first kappa shape index (κ1) is 12.3. The van der Waals surface area contributed by atoms with Gasteiger partial charge in [-0.15, -0.1) is 0 Å². The number of anilines is 2. The van der Waals surface area contributed by atoms with E-state index < -0.39 is 16.2 Å². The molecule has 2 aromatic rings. The monoisotopic (exact) mass is 270 g/mol. The first-order valence-corrected chi connectivity index (χ1v) is 6.08. The molecule has 0 unspecified atom stereocenters. The van der Waals surface area contributed by atoms with Crippen molar-refractivity contribution in [2.45, 2.75) is 4.90 Å². The fourth-order valence-electron chi connectivity index (χ4n) is 1.18. The van der Waals surface area contributed by atoms with Crippen LogP contribution in [0.25, 0.3) is 0 Å². The van der Waals surface area contributed by atoms with Gasteiger partial charge in [-0.3, -0.25) is 4.55 Å². The smallest absolute Gasteiger partial charge is 0.313 e. The van der Waals surface area contributed by atoms with Gasteiger partial charge >= 0.3 is 6.08 Å². The molecule has 2 rings (SSSR count). The molecule has 0 aliphatic heterocycles. The molecule has 0 fully saturated rings. The van der Waals surface area contributed by atoms with Crippen molar-refractivity contribution in [1.29, 1.82) is 0 Å². The lowest BCUT2D eigenvalue weighted by Gasteiger charge is -2.04. The van der Waals surface area contributed by atoms with Crippen molar-refractivity contribution >= 4 is 21.8 Å². The zero-order valence-electron chi connectivity index (χ0n) is 8.78. The minimum absolute atomic E-state index is 0.0119. The van der Waals surface area contributed by atoms with E-state index in [0.717, 1.165) is 6.33 Å². The third kappa shape index (κ3) is 2.96. The minimum atomic E-state index is -4.23. The lowest BCUT2D eigenvalue weighted by Crippen LogP contribution is -2.01. The molecule has 0 aliphatic rings. The van der Waals surface area contributed by atoms with Crippen LogP contribution in [-0.4, -0.2) is 27.9 Å². The fourth-order valence-corrected chi connectivity index (χ4v) is 1.66. The van der Waals surface area contributed by atoms with Gasteiger partial charge in [0.05, 0.1) is 4.90 Å². The Morgan fingerprint density at radius 1 is 1.17 bits per heavy atom. The van der Waals surface area contributed by atoms with Gasteiger partial charge in [0.1, 0.15) is 6.33 Å². The Bertz CT molecular complexity index is 660. The van der Waals surface area contributed by atoms with Gasteiger partial charge in [0.15, 0.2) is 0 Å². The van der Waals surface area contributed by atoms with E-state index in [-0.39, 0.29) is 10.8 Å². The highest BCUT2D eigenvalue weighted by atomic mass is 32.2. The lowest BCUT2D eigenvalue weighted by atomic mass is 10.3. The number of rotatable bonds is 3. The molecule has 94 valence electrons. The second kappa shape index (κ2) is 4.63. The van der Waals surface area contributed by atoms with Gasteiger partial charge < -0.3 is 5.32 Å². The Hall–Kier alpha value is -2.13. The van der Waals surface area contributed by atoms with Crippen LogP contribution in [0.4, 0.5) is 16.0 Å². The first-order chi connectivity index (χ1) is 8.45. The molecule has 0 spiro atoms. The molecule has 2 N–H and O–H groups in total. The molecule has 0 radical (unpaired) electrons. The van der Waals surface area contributed by atoms with Gasteiger partial charge in [0.2, 0.25) is 5.95 Å². The molecular formula is C9H7FN4O3S. The summed E-state index contributed by atoms with van der Waals surface area (Å²) in [6.07, 6.45) is 0.0686. The molecule has 0 amide bonds. The van der Waals surface area contributed by atoms with Crippen LogP contribution < -0.4 is 5.32 Å². The van der Waals surface area contributed by atoms with Gasteiger partial charge in [-0.1, -0.05) is 0 Å². The second-order valence-corrected chi connectivity index (χ2v) is 4.62. The standard InChI is InChI=1S/C9H7FN4O3S/c10-8-11-5-12-9(14-8)13-6-1-3-7(4-2-6)18(15,16)17/h1-5H,(H,15,16,17)(H,11,12,13,14). The zero-order chi connectivity index (χ0) is 13.2. The quantitative estimate of drug-likeness (QED) is 0.801. The average molecular weight is 270 g/mol. The van der Waals surface area contributed by atoms with Gasteiger partial charge in [-0.25, -0.2) is 4.98 Å². The molecule has 0 saturated heterocycles. The molecular weight excluding hydrogens is 263 g/mol. The maximum Gasteiger partial charge on any atom is 0.313 e. The molecule has 0 bridgehead atoms. The van der Waals surface area contributed by atoms with Crippen molar-refractivity contribution in [3.05, 3.63) is 36.7 Å². The Labute approximate surface area is 101 Å². The van der Waals surface area contributed by atoms with E-state index in [2.05, 4.69) is 20.3 Å². The number of aromatic nitrogens is 3. The first-order valence-electron chi connectivity index (χ1n) is 4.64. The molecule has 7 nitrogen and oxygen atoms in total. The highest BCUT2D eigenvalue weighted by Crippen LogP contribution is 2.16. The summed E-state index contributed by atoms with van der Waals surface area (Å²) in [7, 11) is -4.23. The maximum atomic E-state index is 12.7. The van der Waals surface area contributed by atoms with E-state index in [9.17, 15) is 12.8 Å². The Kier molecular flexibility index (Phi) is 3.17. The fraction of sp³-hybridized carbons (Fsp3) is 0. The summed E-state index contributed by atoms with van der Waals surface area (Å²) in [6.45, 7) is 0. The summed E-state index contributed by atoms with van der Waals surface area (Å²) < 4.78 is 43.1. The van der Waals surface area contributed by atoms with E-state index in [4.69, 9.17) is 4.55 Å². The third-order valence-electron chi connectivity index (χ3n) is 1.95. The van der Waals surface area contributed by atoms with Crippen LogP contribution in [0.15, 0.2) is 35.5 Å². The Morgan fingerprint density at radius 2 is 1.83 bits per heavy atom. The summed E-state index contributed by atoms with van der Waals surface area (Å²) >= 11 is 0. The third-order valence-corrected chi connectivity index (χ3v) is 2.82. The van der Waals surface area contributed by atoms with E-state index in [1.54, 1.807) is 0 Å². The summed E-state index contributed by atoms with van der Waals surface area (Å²) in [5.74, 6) is -0.0119. The van der Waals surface area contributed by atoms with Crippen molar-refractivity contribution in [2.75, 3.05) is 5.32 Å². The zero-order valence-corrected chi connectivity index (χ0v) is 9.59. The van der Waals surface area contributed by atoms with Crippen LogP contribution in [0.3, 0.4) is 0 Å². The highest BCUT2D eigenvalue weighted by molar-refractivity contribution is 7.85. The number of nitrogens with one attached hydrogen (secondary N) is 1. The Morgan fingerprint density at radius 3 is 2.39 bits per heavy atom. The molecule has 9 heteroatoms. The molecule has 1 aromatic heterocycles. The number of benzene rings is 1. The topological polar surface area (TPSA) is 105 Å². The molecule has 0 saturated carbocycles. The van der Waals surface area contributed by atoms with Crippen LogP contribution in [0.5, 0.6) is 0 Å². The predicted molar refractivity (Wildman–Crippen MR) is 59.3 cm³/mol. The van der Waals surface area contributed by atoms with Crippen LogP contribution in [0.1, 0.15) is 0 Å². The van der Waals surface area contributed by atoms with Crippen LogP contribution >= 0.6 is 0 Å². The predicted octanol–water partition coefficient (Wildman–Crippen LogP) is 1.00. The van der Waals surface area contributed by atoms with Gasteiger partial charge in [0, 0.05) is 5.69 Å². The van der Waals surface area contributed by atoms with Crippen molar-refractivity contribution in [2.24, 2.45) is 0 Å². The number of halogens is 1. The van der Waals surface area contributed by atoms with Gasteiger partial charge in [0.25, 0.3) is 10.1 Å². The number of hydrogen-bond acceptors (Lipinski definition) is 6. The molecule has 1 heterocycles. The van der Waals surface area contributed by atoms with E-state index in [1.807, 2.05) is 0 Å². The number of hydrogen-bond donors (Lipinski definition) is 2. The van der Waals surface area contributed by atoms with Crippen molar-refractivity contribution in [3.8, 4) is 0 Å². The highest BCUT2D eigenvalue weighted by Gasteiger charge is 2.08. The van der Waals surface area contributed by atoms with Crippen LogP contribution in [-0.2, 0) is 10.1 Å². The summed E-state index contributed by atoms with van der Waals surface area (Å²) in [4.78, 5) is 9.98. The molecule has 0 atom stereocenters. The summed E-state index contributed by atoms with van der Waals surface area (Å²) in [6, 6.07) is 5.14. The largest absolute Gasteiger partial charge is 0.324 e. The van der Waals surface area contributed by atoms with Crippen LogP contribution in [0.2, 0.25) is 0 Å². The SMILES string of the molecule is O=S(=O)(O)c1ccc(Nc2ncnc(F)n2)cc1. The van der Waals surface area contributed by atoms with Crippen molar-refractivity contribution in [3.63, 3.8) is 0 Å². The average Bonchev–Trinajstić information content (AvgIpc) is 2.28. The van der Waals surface area contributed by atoms with Crippen molar-refractivity contribution < 1.29 is 17.4 Å². The normalized spacial score (nSPS) is 11.2. The minimum Gasteiger partial charge on any atom is -0.324 e. The number of nitrogens with zero attached hydrogens (tertiary/aromatic N) is 3. The van der Waals surface area contributed by atoms with Crippen molar-refractivity contribution in [1.82, 2.24) is 15.0 Å². The summed E-state index contributed by atoms with van der Waals surface area (Å²) in [5, 5.41) is 2.64. The van der Waals surface area contributed by atoms with E-state index >= 15 is 0 Å². The Balaban J connectivity index is 2.21. The maximum absolute atomic E-state index is 12.7. The summed E-state index contributed by atoms with van der Waals surface area (Å²) in [5.41, 5.74) is 0.438. The van der Waals surface area contributed by atoms with E-state index in [0.29, 0.717) is 5.69 Å².